The van der Waals surface area contributed by atoms with E-state index >= 15 is 0 Å². The van der Waals surface area contributed by atoms with E-state index in [0.29, 0.717) is 18.3 Å². The highest BCUT2D eigenvalue weighted by Crippen LogP contribution is 2.19. The summed E-state index contributed by atoms with van der Waals surface area (Å²) in [6, 6.07) is 15.9. The molecule has 0 bridgehead atoms. The van der Waals surface area contributed by atoms with Gasteiger partial charge in [0.15, 0.2) is 5.16 Å². The first-order valence-electron chi connectivity index (χ1n) is 8.68. The molecule has 0 unspecified atom stereocenters. The molecule has 1 amide bonds. The summed E-state index contributed by atoms with van der Waals surface area (Å²) in [7, 11) is 0. The molecule has 0 aliphatic rings. The molecule has 0 fully saturated rings. The second kappa shape index (κ2) is 9.23. The SMILES string of the molecule is Cc1ccc(-n2cnnc2SCC(=O)NCCOc2ccccc2C)cc1. The summed E-state index contributed by atoms with van der Waals surface area (Å²) in [5.41, 5.74) is 3.24. The number of nitrogens with one attached hydrogen (secondary N) is 1. The van der Waals surface area contributed by atoms with Crippen LogP contribution in [0.4, 0.5) is 0 Å². The van der Waals surface area contributed by atoms with Gasteiger partial charge < -0.3 is 10.1 Å². The molecule has 140 valence electrons. The standard InChI is InChI=1S/C20H22N4O2S/c1-15-7-9-17(10-8-15)24-14-22-23-20(24)27-13-19(25)21-11-12-26-18-6-4-3-5-16(18)2/h3-10,14H,11-13H2,1-2H3,(H,21,25). The Morgan fingerprint density at radius 3 is 2.70 bits per heavy atom. The molecule has 1 heterocycles. The lowest BCUT2D eigenvalue weighted by Gasteiger charge is -2.10. The zero-order valence-electron chi connectivity index (χ0n) is 15.4. The van der Waals surface area contributed by atoms with Crippen molar-refractivity contribution in [2.75, 3.05) is 18.9 Å². The van der Waals surface area contributed by atoms with Gasteiger partial charge in [-0.1, -0.05) is 47.7 Å². The van der Waals surface area contributed by atoms with Gasteiger partial charge in [-0.25, -0.2) is 0 Å². The van der Waals surface area contributed by atoms with E-state index in [1.165, 1.54) is 17.3 Å². The fraction of sp³-hybridized carbons (Fsp3) is 0.250. The first kappa shape index (κ1) is 19.0. The van der Waals surface area contributed by atoms with Crippen LogP contribution in [-0.2, 0) is 4.79 Å². The number of thioether (sulfide) groups is 1. The number of carbonyl (C=O) groups is 1. The molecule has 0 saturated carbocycles. The molecule has 1 N–H and O–H groups in total. The molecule has 3 rings (SSSR count). The van der Waals surface area contributed by atoms with Gasteiger partial charge in [-0.2, -0.15) is 0 Å². The number of amides is 1. The molecule has 0 saturated heterocycles. The van der Waals surface area contributed by atoms with Gasteiger partial charge in [-0.15, -0.1) is 10.2 Å². The van der Waals surface area contributed by atoms with Crippen LogP contribution in [0, 0.1) is 13.8 Å². The Kier molecular flexibility index (Phi) is 6.49. The Morgan fingerprint density at radius 2 is 1.93 bits per heavy atom. The third-order valence-electron chi connectivity index (χ3n) is 3.94. The average molecular weight is 382 g/mol. The minimum Gasteiger partial charge on any atom is -0.491 e. The monoisotopic (exact) mass is 382 g/mol. The molecular weight excluding hydrogens is 360 g/mol. The Labute approximate surface area is 163 Å². The summed E-state index contributed by atoms with van der Waals surface area (Å²) in [4.78, 5) is 12.1. The largest absolute Gasteiger partial charge is 0.491 e. The maximum Gasteiger partial charge on any atom is 0.230 e. The Hall–Kier alpha value is -2.80. The second-order valence-electron chi connectivity index (χ2n) is 6.07. The first-order chi connectivity index (χ1) is 13.1. The third kappa shape index (κ3) is 5.34. The van der Waals surface area contributed by atoms with E-state index in [4.69, 9.17) is 4.74 Å². The molecule has 0 atom stereocenters. The smallest absolute Gasteiger partial charge is 0.230 e. The lowest BCUT2D eigenvalue weighted by Crippen LogP contribution is -2.29. The molecule has 0 aliphatic heterocycles. The van der Waals surface area contributed by atoms with Crippen molar-refractivity contribution in [2.45, 2.75) is 19.0 Å². The summed E-state index contributed by atoms with van der Waals surface area (Å²) in [5, 5.41) is 11.6. The number of hydrogen-bond acceptors (Lipinski definition) is 5. The van der Waals surface area contributed by atoms with E-state index in [1.54, 1.807) is 6.33 Å². The molecule has 0 radical (unpaired) electrons. The molecule has 7 heteroatoms. The van der Waals surface area contributed by atoms with Gasteiger partial charge in [-0.05, 0) is 37.6 Å². The number of nitrogens with zero attached hydrogens (tertiary/aromatic N) is 3. The number of hydrogen-bond donors (Lipinski definition) is 1. The van der Waals surface area contributed by atoms with E-state index in [9.17, 15) is 4.79 Å². The maximum absolute atomic E-state index is 12.1. The molecule has 3 aromatic rings. The number of aromatic nitrogens is 3. The normalized spacial score (nSPS) is 10.6. The predicted molar refractivity (Wildman–Crippen MR) is 107 cm³/mol. The Balaban J connectivity index is 1.44. The third-order valence-corrected chi connectivity index (χ3v) is 4.88. The minimum atomic E-state index is -0.0631. The van der Waals surface area contributed by atoms with Crippen LogP contribution in [0.25, 0.3) is 5.69 Å². The van der Waals surface area contributed by atoms with E-state index in [-0.39, 0.29) is 11.7 Å². The molecule has 0 aliphatic carbocycles. The molecule has 2 aromatic carbocycles. The quantitative estimate of drug-likeness (QED) is 0.479. The zero-order chi connectivity index (χ0) is 19.1. The van der Waals surface area contributed by atoms with Crippen LogP contribution in [0.15, 0.2) is 60.0 Å². The second-order valence-corrected chi connectivity index (χ2v) is 7.01. The number of ether oxygens (including phenoxy) is 1. The van der Waals surface area contributed by atoms with Crippen LogP contribution < -0.4 is 10.1 Å². The van der Waals surface area contributed by atoms with Gasteiger partial charge in [0, 0.05) is 5.69 Å². The van der Waals surface area contributed by atoms with E-state index in [2.05, 4.69) is 15.5 Å². The fourth-order valence-corrected chi connectivity index (χ4v) is 3.22. The van der Waals surface area contributed by atoms with Crippen molar-refractivity contribution in [3.05, 3.63) is 66.0 Å². The summed E-state index contributed by atoms with van der Waals surface area (Å²) >= 11 is 1.35. The van der Waals surface area contributed by atoms with E-state index in [1.807, 2.05) is 66.9 Å². The van der Waals surface area contributed by atoms with Gasteiger partial charge in [0.05, 0.1) is 12.3 Å². The van der Waals surface area contributed by atoms with Gasteiger partial charge in [-0.3, -0.25) is 9.36 Å². The number of para-hydroxylation sites is 1. The van der Waals surface area contributed by atoms with Crippen LogP contribution in [0.2, 0.25) is 0 Å². The Bertz CT molecular complexity index is 893. The average Bonchev–Trinajstić information content (AvgIpc) is 3.14. The van der Waals surface area contributed by atoms with E-state index < -0.39 is 0 Å². The lowest BCUT2D eigenvalue weighted by atomic mass is 10.2. The lowest BCUT2D eigenvalue weighted by molar-refractivity contribution is -0.118. The van der Waals surface area contributed by atoms with Crippen molar-refractivity contribution >= 4 is 17.7 Å². The number of aryl methyl sites for hydroxylation is 2. The first-order valence-corrected chi connectivity index (χ1v) is 9.67. The fourth-order valence-electron chi connectivity index (χ4n) is 2.46. The molecule has 0 spiro atoms. The van der Waals surface area contributed by atoms with Crippen molar-refractivity contribution in [3.63, 3.8) is 0 Å². The van der Waals surface area contributed by atoms with Gasteiger partial charge in [0.2, 0.25) is 5.91 Å². The topological polar surface area (TPSA) is 69.0 Å². The number of rotatable bonds is 8. The van der Waals surface area contributed by atoms with Crippen molar-refractivity contribution in [2.24, 2.45) is 0 Å². The Morgan fingerprint density at radius 1 is 1.15 bits per heavy atom. The number of benzene rings is 2. The predicted octanol–water partition coefficient (Wildman–Crippen LogP) is 3.17. The summed E-state index contributed by atoms with van der Waals surface area (Å²) < 4.78 is 7.55. The van der Waals surface area contributed by atoms with Crippen molar-refractivity contribution < 1.29 is 9.53 Å². The maximum atomic E-state index is 12.1. The highest BCUT2D eigenvalue weighted by molar-refractivity contribution is 7.99. The van der Waals surface area contributed by atoms with Crippen LogP contribution in [0.3, 0.4) is 0 Å². The van der Waals surface area contributed by atoms with Crippen LogP contribution >= 0.6 is 11.8 Å². The summed E-state index contributed by atoms with van der Waals surface area (Å²) in [5.74, 6) is 1.05. The zero-order valence-corrected chi connectivity index (χ0v) is 16.2. The highest BCUT2D eigenvalue weighted by Gasteiger charge is 2.10. The molecule has 1 aromatic heterocycles. The number of carbonyl (C=O) groups excluding carboxylic acids is 1. The molecule has 27 heavy (non-hydrogen) atoms. The van der Waals surface area contributed by atoms with Crippen molar-refractivity contribution in [3.8, 4) is 11.4 Å². The summed E-state index contributed by atoms with van der Waals surface area (Å²) in [6.45, 7) is 4.92. The summed E-state index contributed by atoms with van der Waals surface area (Å²) in [6.07, 6.45) is 1.65. The van der Waals surface area contributed by atoms with Crippen LogP contribution in [0.5, 0.6) is 5.75 Å². The van der Waals surface area contributed by atoms with Crippen LogP contribution in [0.1, 0.15) is 11.1 Å². The molecule has 6 nitrogen and oxygen atoms in total. The van der Waals surface area contributed by atoms with E-state index in [0.717, 1.165) is 17.0 Å². The highest BCUT2D eigenvalue weighted by atomic mass is 32.2. The van der Waals surface area contributed by atoms with Gasteiger partial charge >= 0.3 is 0 Å². The van der Waals surface area contributed by atoms with Gasteiger partial charge in [0.25, 0.3) is 0 Å². The van der Waals surface area contributed by atoms with Crippen LogP contribution in [-0.4, -0.2) is 39.6 Å². The van der Waals surface area contributed by atoms with Crippen molar-refractivity contribution in [1.82, 2.24) is 20.1 Å². The van der Waals surface area contributed by atoms with Crippen molar-refractivity contribution in [1.29, 1.82) is 0 Å². The minimum absolute atomic E-state index is 0.0631. The molecular formula is C20H22N4O2S. The van der Waals surface area contributed by atoms with Gasteiger partial charge in [0.1, 0.15) is 18.7 Å².